The monoisotopic (exact) mass is 282 g/mol. The van der Waals surface area contributed by atoms with E-state index in [0.29, 0.717) is 18.7 Å². The molecule has 0 radical (unpaired) electrons. The summed E-state index contributed by atoms with van der Waals surface area (Å²) >= 11 is 0. The van der Waals surface area contributed by atoms with Crippen molar-refractivity contribution in [3.05, 3.63) is 30.1 Å². The van der Waals surface area contributed by atoms with Crippen molar-refractivity contribution in [2.45, 2.75) is 19.1 Å². The van der Waals surface area contributed by atoms with Gasteiger partial charge in [0.2, 0.25) is 0 Å². The number of aromatic nitrogens is 1. The van der Waals surface area contributed by atoms with Gasteiger partial charge in [-0.3, -0.25) is 9.78 Å². The SMILES string of the molecule is CC(C)CS(=O)(=O)C1CN(C(=O)c2cccnc2)C1. The third-order valence-corrected chi connectivity index (χ3v) is 5.56. The van der Waals surface area contributed by atoms with Crippen LogP contribution < -0.4 is 0 Å². The highest BCUT2D eigenvalue weighted by Gasteiger charge is 2.39. The predicted octanol–water partition coefficient (Wildman–Crippen LogP) is 0.977. The van der Waals surface area contributed by atoms with Gasteiger partial charge in [0.05, 0.1) is 16.6 Å². The molecule has 1 amide bonds. The van der Waals surface area contributed by atoms with E-state index in [2.05, 4.69) is 4.98 Å². The van der Waals surface area contributed by atoms with Gasteiger partial charge in [0.25, 0.3) is 5.91 Å². The number of rotatable bonds is 4. The van der Waals surface area contributed by atoms with E-state index in [1.807, 2.05) is 13.8 Å². The molecule has 1 aromatic heterocycles. The molecule has 104 valence electrons. The van der Waals surface area contributed by atoms with Gasteiger partial charge in [-0.15, -0.1) is 0 Å². The van der Waals surface area contributed by atoms with Crippen LogP contribution >= 0.6 is 0 Å². The van der Waals surface area contributed by atoms with Crippen molar-refractivity contribution in [1.29, 1.82) is 0 Å². The summed E-state index contributed by atoms with van der Waals surface area (Å²) in [7, 11) is -3.08. The van der Waals surface area contributed by atoms with Crippen LogP contribution in [0.15, 0.2) is 24.5 Å². The van der Waals surface area contributed by atoms with Crippen LogP contribution in [0.1, 0.15) is 24.2 Å². The summed E-state index contributed by atoms with van der Waals surface area (Å²) in [4.78, 5) is 17.5. The molecule has 1 aromatic rings. The van der Waals surface area contributed by atoms with E-state index >= 15 is 0 Å². The topological polar surface area (TPSA) is 67.3 Å². The van der Waals surface area contributed by atoms with Crippen molar-refractivity contribution in [1.82, 2.24) is 9.88 Å². The number of carbonyl (C=O) groups is 1. The lowest BCUT2D eigenvalue weighted by Gasteiger charge is -2.38. The van der Waals surface area contributed by atoms with Gasteiger partial charge in [-0.05, 0) is 18.1 Å². The van der Waals surface area contributed by atoms with Gasteiger partial charge in [-0.2, -0.15) is 0 Å². The summed E-state index contributed by atoms with van der Waals surface area (Å²) in [5.41, 5.74) is 0.502. The van der Waals surface area contributed by atoms with E-state index in [-0.39, 0.29) is 17.6 Å². The Morgan fingerprint density at radius 2 is 2.16 bits per heavy atom. The average Bonchev–Trinajstić information content (AvgIpc) is 2.25. The van der Waals surface area contributed by atoms with Crippen LogP contribution in [0, 0.1) is 5.92 Å². The zero-order chi connectivity index (χ0) is 14.0. The summed E-state index contributed by atoms with van der Waals surface area (Å²) in [6, 6.07) is 3.38. The Kier molecular flexibility index (Phi) is 3.89. The van der Waals surface area contributed by atoms with E-state index in [0.717, 1.165) is 0 Å². The maximum Gasteiger partial charge on any atom is 0.255 e. The summed E-state index contributed by atoms with van der Waals surface area (Å²) in [6.45, 7) is 4.36. The molecule has 0 N–H and O–H groups in total. The van der Waals surface area contributed by atoms with Crippen molar-refractivity contribution in [2.75, 3.05) is 18.8 Å². The number of likely N-dealkylation sites (tertiary alicyclic amines) is 1. The number of hydrogen-bond acceptors (Lipinski definition) is 4. The van der Waals surface area contributed by atoms with E-state index < -0.39 is 15.1 Å². The minimum atomic E-state index is -3.08. The maximum absolute atomic E-state index is 12.0. The largest absolute Gasteiger partial charge is 0.336 e. The molecule has 0 unspecified atom stereocenters. The van der Waals surface area contributed by atoms with Crippen molar-refractivity contribution >= 4 is 15.7 Å². The number of carbonyl (C=O) groups excluding carboxylic acids is 1. The molecule has 0 aliphatic carbocycles. The highest BCUT2D eigenvalue weighted by atomic mass is 32.2. The molecular formula is C13H18N2O3S. The molecule has 1 saturated heterocycles. The van der Waals surface area contributed by atoms with Gasteiger partial charge in [-0.1, -0.05) is 13.8 Å². The summed E-state index contributed by atoms with van der Waals surface area (Å²) in [6.07, 6.45) is 3.10. The van der Waals surface area contributed by atoms with Crippen LogP contribution in [0.2, 0.25) is 0 Å². The highest BCUT2D eigenvalue weighted by Crippen LogP contribution is 2.21. The minimum Gasteiger partial charge on any atom is -0.336 e. The molecule has 2 heterocycles. The molecule has 0 bridgehead atoms. The van der Waals surface area contributed by atoms with Crippen LogP contribution in [0.3, 0.4) is 0 Å². The second-order valence-electron chi connectivity index (χ2n) is 5.30. The van der Waals surface area contributed by atoms with Gasteiger partial charge in [-0.25, -0.2) is 8.42 Å². The third-order valence-electron chi connectivity index (χ3n) is 3.12. The Balaban J connectivity index is 1.95. The number of sulfone groups is 1. The standard InChI is InChI=1S/C13H18N2O3S/c1-10(2)9-19(17,18)12-7-15(8-12)13(16)11-4-3-5-14-6-11/h3-6,10,12H,7-9H2,1-2H3. The zero-order valence-corrected chi connectivity index (χ0v) is 11.9. The third kappa shape index (κ3) is 3.12. The summed E-state index contributed by atoms with van der Waals surface area (Å²) in [5.74, 6) is 0.157. The molecule has 1 aliphatic rings. The first-order valence-corrected chi connectivity index (χ1v) is 8.02. The quantitative estimate of drug-likeness (QED) is 0.825. The summed E-state index contributed by atoms with van der Waals surface area (Å²) in [5, 5.41) is -0.407. The fourth-order valence-corrected chi connectivity index (χ4v) is 4.12. The number of nitrogens with zero attached hydrogens (tertiary/aromatic N) is 2. The van der Waals surface area contributed by atoms with E-state index in [1.54, 1.807) is 23.2 Å². The summed E-state index contributed by atoms with van der Waals surface area (Å²) < 4.78 is 24.0. The van der Waals surface area contributed by atoms with Crippen molar-refractivity contribution in [3.8, 4) is 0 Å². The molecule has 0 saturated carbocycles. The molecule has 6 heteroatoms. The van der Waals surface area contributed by atoms with Gasteiger partial charge in [0, 0.05) is 25.5 Å². The Morgan fingerprint density at radius 3 is 2.68 bits per heavy atom. The molecular weight excluding hydrogens is 264 g/mol. The highest BCUT2D eigenvalue weighted by molar-refractivity contribution is 7.92. The molecule has 0 spiro atoms. The van der Waals surface area contributed by atoms with Gasteiger partial charge in [0.1, 0.15) is 0 Å². The fraction of sp³-hybridized carbons (Fsp3) is 0.538. The first-order valence-electron chi connectivity index (χ1n) is 6.31. The van der Waals surface area contributed by atoms with Gasteiger partial charge < -0.3 is 4.90 Å². The number of amides is 1. The molecule has 5 nitrogen and oxygen atoms in total. The minimum absolute atomic E-state index is 0.119. The smallest absolute Gasteiger partial charge is 0.255 e. The van der Waals surface area contributed by atoms with Crippen LogP contribution in [0.5, 0.6) is 0 Å². The van der Waals surface area contributed by atoms with Crippen molar-refractivity contribution in [2.24, 2.45) is 5.92 Å². The lowest BCUT2D eigenvalue weighted by Crippen LogP contribution is -2.57. The van der Waals surface area contributed by atoms with Crippen LogP contribution in [-0.2, 0) is 9.84 Å². The number of hydrogen-bond donors (Lipinski definition) is 0. The van der Waals surface area contributed by atoms with Crippen molar-refractivity contribution in [3.63, 3.8) is 0 Å². The normalized spacial score (nSPS) is 16.5. The first-order chi connectivity index (χ1) is 8.90. The Morgan fingerprint density at radius 1 is 1.47 bits per heavy atom. The van der Waals surface area contributed by atoms with E-state index in [9.17, 15) is 13.2 Å². The molecule has 2 rings (SSSR count). The van der Waals surface area contributed by atoms with Crippen LogP contribution in [0.4, 0.5) is 0 Å². The Bertz CT molecular complexity index is 549. The lowest BCUT2D eigenvalue weighted by atomic mass is 10.1. The van der Waals surface area contributed by atoms with Crippen LogP contribution in [-0.4, -0.2) is 48.3 Å². The zero-order valence-electron chi connectivity index (χ0n) is 11.1. The Labute approximate surface area is 113 Å². The van der Waals surface area contributed by atoms with Crippen molar-refractivity contribution < 1.29 is 13.2 Å². The second kappa shape index (κ2) is 5.28. The maximum atomic E-state index is 12.0. The lowest BCUT2D eigenvalue weighted by molar-refractivity contribution is 0.0658. The number of pyridine rings is 1. The van der Waals surface area contributed by atoms with Crippen LogP contribution in [0.25, 0.3) is 0 Å². The molecule has 0 aromatic carbocycles. The fourth-order valence-electron chi connectivity index (χ4n) is 2.10. The Hall–Kier alpha value is -1.43. The molecule has 19 heavy (non-hydrogen) atoms. The van der Waals surface area contributed by atoms with E-state index in [1.165, 1.54) is 6.20 Å². The predicted molar refractivity (Wildman–Crippen MR) is 72.6 cm³/mol. The van der Waals surface area contributed by atoms with E-state index in [4.69, 9.17) is 0 Å². The molecule has 1 fully saturated rings. The second-order valence-corrected chi connectivity index (χ2v) is 7.62. The molecule has 1 aliphatic heterocycles. The average molecular weight is 282 g/mol. The first kappa shape index (κ1) is 14.0. The van der Waals surface area contributed by atoms with Gasteiger partial charge >= 0.3 is 0 Å². The van der Waals surface area contributed by atoms with Gasteiger partial charge in [0.15, 0.2) is 9.84 Å². The molecule has 0 atom stereocenters.